The van der Waals surface area contributed by atoms with Gasteiger partial charge in [-0.05, 0) is 43.9 Å². The minimum atomic E-state index is -0.436. The largest absolute Gasteiger partial charge is 0.381 e. The molecule has 0 aromatic heterocycles. The van der Waals surface area contributed by atoms with Gasteiger partial charge in [0.05, 0.1) is 5.41 Å². The summed E-state index contributed by atoms with van der Waals surface area (Å²) in [5.74, 6) is 0.142. The molecule has 1 saturated heterocycles. The van der Waals surface area contributed by atoms with Gasteiger partial charge in [0.1, 0.15) is 0 Å². The first-order chi connectivity index (χ1) is 10.7. The lowest BCUT2D eigenvalue weighted by molar-refractivity contribution is -0.130. The Morgan fingerprint density at radius 3 is 2.59 bits per heavy atom. The molecule has 1 aromatic rings. The highest BCUT2D eigenvalue weighted by Crippen LogP contribution is 2.36. The second-order valence-electron chi connectivity index (χ2n) is 6.02. The quantitative estimate of drug-likeness (QED) is 0.759. The fraction of sp³-hybridized carbons (Fsp3) is 0.611. The van der Waals surface area contributed by atoms with Crippen LogP contribution in [0.25, 0.3) is 0 Å². The monoisotopic (exact) mass is 304 g/mol. The fourth-order valence-corrected chi connectivity index (χ4v) is 3.18. The van der Waals surface area contributed by atoms with Crippen molar-refractivity contribution in [3.05, 3.63) is 35.4 Å². The van der Waals surface area contributed by atoms with Crippen molar-refractivity contribution < 1.29 is 9.53 Å². The lowest BCUT2D eigenvalue weighted by Crippen LogP contribution is -2.49. The molecule has 1 amide bonds. The summed E-state index contributed by atoms with van der Waals surface area (Å²) < 4.78 is 5.50. The van der Waals surface area contributed by atoms with Crippen LogP contribution in [0.1, 0.15) is 37.3 Å². The molecule has 1 aromatic carbocycles. The molecule has 0 spiro atoms. The number of aryl methyl sites for hydroxylation is 1. The number of benzene rings is 1. The molecule has 0 atom stereocenters. The molecule has 1 aliphatic heterocycles. The highest BCUT2D eigenvalue weighted by molar-refractivity contribution is 5.88. The summed E-state index contributed by atoms with van der Waals surface area (Å²) in [6.45, 7) is 8.01. The summed E-state index contributed by atoms with van der Waals surface area (Å²) in [6, 6.07) is 8.23. The standard InChI is InChI=1S/C18H28N2O2/c1-3-10-19-11-12-20-17(21)18(8-13-22-14-9-18)16-7-5-4-6-15(16)2/h4-7,19H,3,8-14H2,1-2H3,(H,20,21). The van der Waals surface area contributed by atoms with E-state index in [0.29, 0.717) is 19.8 Å². The van der Waals surface area contributed by atoms with Crippen LogP contribution in [0, 0.1) is 6.92 Å². The third-order valence-electron chi connectivity index (χ3n) is 4.46. The zero-order chi connectivity index (χ0) is 15.8. The van der Waals surface area contributed by atoms with Crippen molar-refractivity contribution in [2.75, 3.05) is 32.8 Å². The van der Waals surface area contributed by atoms with Gasteiger partial charge in [0.2, 0.25) is 5.91 Å². The summed E-state index contributed by atoms with van der Waals surface area (Å²) in [7, 11) is 0. The van der Waals surface area contributed by atoms with Crippen molar-refractivity contribution in [3.8, 4) is 0 Å². The predicted molar refractivity (Wildman–Crippen MR) is 89.1 cm³/mol. The molecule has 0 bridgehead atoms. The molecule has 4 nitrogen and oxygen atoms in total. The maximum Gasteiger partial charge on any atom is 0.230 e. The Bertz CT molecular complexity index is 482. The average Bonchev–Trinajstić information content (AvgIpc) is 2.55. The Labute approximate surface area is 133 Å². The number of carbonyl (C=O) groups excluding carboxylic acids is 1. The van der Waals surface area contributed by atoms with Gasteiger partial charge >= 0.3 is 0 Å². The third kappa shape index (κ3) is 3.87. The van der Waals surface area contributed by atoms with Crippen molar-refractivity contribution in [1.29, 1.82) is 0 Å². The zero-order valence-corrected chi connectivity index (χ0v) is 13.8. The van der Waals surface area contributed by atoms with Gasteiger partial charge in [0.25, 0.3) is 0 Å². The van der Waals surface area contributed by atoms with Crippen LogP contribution in [0.4, 0.5) is 0 Å². The van der Waals surface area contributed by atoms with Crippen molar-refractivity contribution in [1.82, 2.24) is 10.6 Å². The summed E-state index contributed by atoms with van der Waals surface area (Å²) in [5, 5.41) is 6.44. The molecule has 1 fully saturated rings. The van der Waals surface area contributed by atoms with Crippen LogP contribution in [0.3, 0.4) is 0 Å². The minimum absolute atomic E-state index is 0.142. The van der Waals surface area contributed by atoms with Gasteiger partial charge < -0.3 is 15.4 Å². The number of hydrogen-bond donors (Lipinski definition) is 2. The highest BCUT2D eigenvalue weighted by atomic mass is 16.5. The molecule has 4 heteroatoms. The molecule has 122 valence electrons. The number of ether oxygens (including phenoxy) is 1. The summed E-state index contributed by atoms with van der Waals surface area (Å²) in [6.07, 6.45) is 2.62. The van der Waals surface area contributed by atoms with Gasteiger partial charge in [-0.25, -0.2) is 0 Å². The molecular weight excluding hydrogens is 276 g/mol. The average molecular weight is 304 g/mol. The number of rotatable bonds is 7. The maximum absolute atomic E-state index is 12.9. The summed E-state index contributed by atoms with van der Waals surface area (Å²) in [4.78, 5) is 12.9. The molecule has 0 unspecified atom stereocenters. The first-order valence-electron chi connectivity index (χ1n) is 8.33. The van der Waals surface area contributed by atoms with E-state index < -0.39 is 5.41 Å². The van der Waals surface area contributed by atoms with E-state index in [1.54, 1.807) is 0 Å². The summed E-state index contributed by atoms with van der Waals surface area (Å²) >= 11 is 0. The Morgan fingerprint density at radius 1 is 1.18 bits per heavy atom. The van der Waals surface area contributed by atoms with Crippen molar-refractivity contribution >= 4 is 5.91 Å². The minimum Gasteiger partial charge on any atom is -0.381 e. The maximum atomic E-state index is 12.9. The molecular formula is C18H28N2O2. The van der Waals surface area contributed by atoms with E-state index in [9.17, 15) is 4.79 Å². The number of hydrogen-bond acceptors (Lipinski definition) is 3. The van der Waals surface area contributed by atoms with Gasteiger partial charge in [-0.1, -0.05) is 31.2 Å². The SMILES string of the molecule is CCCNCCNC(=O)C1(c2ccccc2C)CCOCC1. The predicted octanol–water partition coefficient (Wildman–Crippen LogP) is 2.16. The molecule has 2 rings (SSSR count). The third-order valence-corrected chi connectivity index (χ3v) is 4.46. The second-order valence-corrected chi connectivity index (χ2v) is 6.02. The molecule has 2 N–H and O–H groups in total. The van der Waals surface area contributed by atoms with E-state index in [-0.39, 0.29) is 5.91 Å². The number of carbonyl (C=O) groups is 1. The Kier molecular flexibility index (Phi) is 6.40. The van der Waals surface area contributed by atoms with E-state index in [4.69, 9.17) is 4.74 Å². The summed E-state index contributed by atoms with van der Waals surface area (Å²) in [5.41, 5.74) is 1.90. The van der Waals surface area contributed by atoms with Crippen molar-refractivity contribution in [2.24, 2.45) is 0 Å². The van der Waals surface area contributed by atoms with Crippen LogP contribution >= 0.6 is 0 Å². The van der Waals surface area contributed by atoms with Crippen LogP contribution in [0.5, 0.6) is 0 Å². The molecule has 1 heterocycles. The van der Waals surface area contributed by atoms with Crippen molar-refractivity contribution in [2.45, 2.75) is 38.5 Å². The highest BCUT2D eigenvalue weighted by Gasteiger charge is 2.42. The number of amides is 1. The smallest absolute Gasteiger partial charge is 0.230 e. The van der Waals surface area contributed by atoms with E-state index in [0.717, 1.165) is 37.9 Å². The van der Waals surface area contributed by atoms with Gasteiger partial charge in [0, 0.05) is 26.3 Å². The lowest BCUT2D eigenvalue weighted by Gasteiger charge is -2.37. The zero-order valence-electron chi connectivity index (χ0n) is 13.8. The lowest BCUT2D eigenvalue weighted by atomic mass is 9.72. The van der Waals surface area contributed by atoms with Crippen LogP contribution in [-0.2, 0) is 14.9 Å². The first kappa shape index (κ1) is 17.0. The normalized spacial score (nSPS) is 17.2. The second kappa shape index (κ2) is 8.30. The topological polar surface area (TPSA) is 50.4 Å². The van der Waals surface area contributed by atoms with Crippen LogP contribution in [0.15, 0.2) is 24.3 Å². The van der Waals surface area contributed by atoms with E-state index in [1.807, 2.05) is 12.1 Å². The fourth-order valence-electron chi connectivity index (χ4n) is 3.18. The Balaban J connectivity index is 2.09. The van der Waals surface area contributed by atoms with Gasteiger partial charge in [-0.15, -0.1) is 0 Å². The van der Waals surface area contributed by atoms with Gasteiger partial charge in [0.15, 0.2) is 0 Å². The van der Waals surface area contributed by atoms with E-state index >= 15 is 0 Å². The number of nitrogens with one attached hydrogen (secondary N) is 2. The van der Waals surface area contributed by atoms with Crippen LogP contribution in [0.2, 0.25) is 0 Å². The van der Waals surface area contributed by atoms with Crippen LogP contribution < -0.4 is 10.6 Å². The van der Waals surface area contributed by atoms with Crippen LogP contribution in [-0.4, -0.2) is 38.8 Å². The molecule has 0 radical (unpaired) electrons. The first-order valence-corrected chi connectivity index (χ1v) is 8.33. The van der Waals surface area contributed by atoms with Gasteiger partial charge in [-0.3, -0.25) is 4.79 Å². The Morgan fingerprint density at radius 2 is 1.91 bits per heavy atom. The van der Waals surface area contributed by atoms with Gasteiger partial charge in [-0.2, -0.15) is 0 Å². The van der Waals surface area contributed by atoms with E-state index in [1.165, 1.54) is 5.56 Å². The molecule has 0 saturated carbocycles. The van der Waals surface area contributed by atoms with E-state index in [2.05, 4.69) is 36.6 Å². The Hall–Kier alpha value is -1.39. The molecule has 1 aliphatic rings. The molecule has 0 aliphatic carbocycles. The van der Waals surface area contributed by atoms with Crippen molar-refractivity contribution in [3.63, 3.8) is 0 Å². The molecule has 22 heavy (non-hydrogen) atoms.